The molecule has 0 heterocycles. The predicted molar refractivity (Wildman–Crippen MR) is 64.6 cm³/mol. The normalized spacial score (nSPS) is 11.1. The molecule has 3 heteroatoms. The lowest BCUT2D eigenvalue weighted by Crippen LogP contribution is -2.24. The Hall–Kier alpha value is -1.09. The summed E-state index contributed by atoms with van der Waals surface area (Å²) in [6.07, 6.45) is 0. The molecule has 0 saturated carbocycles. The molecule has 0 radical (unpaired) electrons. The molecule has 80 valence electrons. The summed E-state index contributed by atoms with van der Waals surface area (Å²) in [6, 6.07) is 7.46. The molecule has 0 bridgehead atoms. The van der Waals surface area contributed by atoms with Gasteiger partial charge in [-0.15, -0.1) is 0 Å². The third-order valence-electron chi connectivity index (χ3n) is 2.48. The highest BCUT2D eigenvalue weighted by Crippen LogP contribution is 2.33. The molecular formula is C12H13BrO2. The molecule has 0 unspecified atom stereocenters. The second-order valence-electron chi connectivity index (χ2n) is 3.92. The van der Waals surface area contributed by atoms with Gasteiger partial charge in [-0.2, -0.15) is 0 Å². The van der Waals surface area contributed by atoms with Crippen molar-refractivity contribution in [1.82, 2.24) is 0 Å². The Labute approximate surface area is 97.8 Å². The molecule has 0 fully saturated rings. The third-order valence-corrected chi connectivity index (χ3v) is 3.01. The second-order valence-corrected chi connectivity index (χ2v) is 4.83. The highest BCUT2D eigenvalue weighted by atomic mass is 79.9. The summed E-state index contributed by atoms with van der Waals surface area (Å²) in [4.78, 5) is 11.0. The maximum atomic E-state index is 11.0. The van der Waals surface area contributed by atoms with E-state index in [2.05, 4.69) is 22.5 Å². The fourth-order valence-electron chi connectivity index (χ4n) is 1.14. The number of aliphatic carboxylic acids is 1. The van der Waals surface area contributed by atoms with Gasteiger partial charge in [-0.25, -0.2) is 0 Å². The number of carboxylic acids is 1. The maximum absolute atomic E-state index is 11.0. The molecule has 0 atom stereocenters. The molecule has 0 aromatic heterocycles. The van der Waals surface area contributed by atoms with Gasteiger partial charge in [-0.3, -0.25) is 4.79 Å². The van der Waals surface area contributed by atoms with Gasteiger partial charge in [0.15, 0.2) is 0 Å². The average molecular weight is 269 g/mol. The van der Waals surface area contributed by atoms with Gasteiger partial charge in [0.2, 0.25) is 0 Å². The van der Waals surface area contributed by atoms with Crippen LogP contribution >= 0.6 is 15.9 Å². The zero-order chi connectivity index (χ0) is 11.6. The molecule has 0 aliphatic carbocycles. The largest absolute Gasteiger partial charge is 0.481 e. The maximum Gasteiger partial charge on any atom is 0.313 e. The summed E-state index contributed by atoms with van der Waals surface area (Å²) < 4.78 is 0.965. The van der Waals surface area contributed by atoms with Crippen LogP contribution in [0.5, 0.6) is 0 Å². The minimum Gasteiger partial charge on any atom is -0.481 e. The van der Waals surface area contributed by atoms with Crippen LogP contribution in [-0.4, -0.2) is 11.1 Å². The van der Waals surface area contributed by atoms with Crippen LogP contribution < -0.4 is 0 Å². The van der Waals surface area contributed by atoms with Gasteiger partial charge >= 0.3 is 5.97 Å². The standard InChI is InChI=1S/C12H13BrO2/c1-8(12(2,3)11(14)15)9-4-6-10(13)7-5-9/h4-7H,1H2,2-3H3,(H,14,15). The lowest BCUT2D eigenvalue weighted by molar-refractivity contribution is -0.143. The van der Waals surface area contributed by atoms with Crippen molar-refractivity contribution in [3.63, 3.8) is 0 Å². The summed E-state index contributed by atoms with van der Waals surface area (Å²) in [5, 5.41) is 9.06. The zero-order valence-corrected chi connectivity index (χ0v) is 10.3. The first-order valence-electron chi connectivity index (χ1n) is 4.54. The van der Waals surface area contributed by atoms with Gasteiger partial charge in [0.25, 0.3) is 0 Å². The molecule has 0 spiro atoms. The Morgan fingerprint density at radius 2 is 1.80 bits per heavy atom. The van der Waals surface area contributed by atoms with E-state index in [0.717, 1.165) is 10.0 Å². The number of benzene rings is 1. The minimum atomic E-state index is -0.937. The van der Waals surface area contributed by atoms with Gasteiger partial charge in [-0.1, -0.05) is 34.6 Å². The van der Waals surface area contributed by atoms with Crippen molar-refractivity contribution in [1.29, 1.82) is 0 Å². The van der Waals surface area contributed by atoms with Crippen LogP contribution in [0.3, 0.4) is 0 Å². The first-order chi connectivity index (χ1) is 6.85. The molecule has 1 N–H and O–H groups in total. The Kier molecular flexibility index (Phi) is 3.35. The van der Waals surface area contributed by atoms with E-state index >= 15 is 0 Å². The third kappa shape index (κ3) is 2.48. The molecule has 15 heavy (non-hydrogen) atoms. The Bertz CT molecular complexity index is 391. The first-order valence-corrected chi connectivity index (χ1v) is 5.33. The summed E-state index contributed by atoms with van der Waals surface area (Å²) in [6.45, 7) is 7.16. The summed E-state index contributed by atoms with van der Waals surface area (Å²) >= 11 is 3.33. The van der Waals surface area contributed by atoms with Gasteiger partial charge < -0.3 is 5.11 Å². The van der Waals surface area contributed by atoms with E-state index in [9.17, 15) is 4.79 Å². The Balaban J connectivity index is 3.05. The van der Waals surface area contributed by atoms with Crippen LogP contribution in [0.25, 0.3) is 5.57 Å². The molecule has 2 nitrogen and oxygen atoms in total. The van der Waals surface area contributed by atoms with E-state index in [-0.39, 0.29) is 0 Å². The molecule has 1 rings (SSSR count). The number of carbonyl (C=O) groups is 1. The summed E-state index contributed by atoms with van der Waals surface area (Å²) in [5.41, 5.74) is 0.529. The van der Waals surface area contributed by atoms with Crippen molar-refractivity contribution >= 4 is 27.5 Å². The quantitative estimate of drug-likeness (QED) is 0.910. The van der Waals surface area contributed by atoms with Crippen molar-refractivity contribution in [3.05, 3.63) is 40.9 Å². The highest BCUT2D eigenvalue weighted by Gasteiger charge is 2.31. The topological polar surface area (TPSA) is 37.3 Å². The Morgan fingerprint density at radius 1 is 1.33 bits per heavy atom. The smallest absolute Gasteiger partial charge is 0.313 e. The van der Waals surface area contributed by atoms with Crippen LogP contribution in [0.15, 0.2) is 35.3 Å². The number of hydrogen-bond acceptors (Lipinski definition) is 1. The lowest BCUT2D eigenvalue weighted by atomic mass is 9.81. The summed E-state index contributed by atoms with van der Waals surface area (Å²) in [7, 11) is 0. The van der Waals surface area contributed by atoms with Crippen LogP contribution in [0.4, 0.5) is 0 Å². The molecule has 0 amide bonds. The van der Waals surface area contributed by atoms with Gasteiger partial charge in [0.1, 0.15) is 0 Å². The van der Waals surface area contributed by atoms with Crippen molar-refractivity contribution < 1.29 is 9.90 Å². The van der Waals surface area contributed by atoms with E-state index < -0.39 is 11.4 Å². The molecular weight excluding hydrogens is 256 g/mol. The summed E-state index contributed by atoms with van der Waals surface area (Å²) in [5.74, 6) is -0.865. The van der Waals surface area contributed by atoms with Gasteiger partial charge in [-0.05, 0) is 37.1 Å². The number of halogens is 1. The van der Waals surface area contributed by atoms with E-state index in [1.807, 2.05) is 24.3 Å². The highest BCUT2D eigenvalue weighted by molar-refractivity contribution is 9.10. The number of hydrogen-bond donors (Lipinski definition) is 1. The molecule has 0 saturated heterocycles. The molecule has 1 aromatic rings. The Morgan fingerprint density at radius 3 is 2.20 bits per heavy atom. The van der Waals surface area contributed by atoms with Crippen molar-refractivity contribution in [2.24, 2.45) is 5.41 Å². The average Bonchev–Trinajstić information content (AvgIpc) is 2.17. The van der Waals surface area contributed by atoms with Gasteiger partial charge in [0.05, 0.1) is 5.41 Å². The van der Waals surface area contributed by atoms with Crippen LogP contribution in [-0.2, 0) is 4.79 Å². The fraction of sp³-hybridized carbons (Fsp3) is 0.250. The molecule has 0 aliphatic heterocycles. The molecule has 1 aromatic carbocycles. The van der Waals surface area contributed by atoms with E-state index in [0.29, 0.717) is 5.57 Å². The first kappa shape index (κ1) is 12.0. The van der Waals surface area contributed by atoms with E-state index in [1.165, 1.54) is 0 Å². The van der Waals surface area contributed by atoms with Crippen LogP contribution in [0.1, 0.15) is 19.4 Å². The van der Waals surface area contributed by atoms with Crippen molar-refractivity contribution in [3.8, 4) is 0 Å². The molecule has 0 aliphatic rings. The lowest BCUT2D eigenvalue weighted by Gasteiger charge is -2.22. The number of carboxylic acid groups (broad SMARTS) is 1. The van der Waals surface area contributed by atoms with Crippen molar-refractivity contribution in [2.75, 3.05) is 0 Å². The van der Waals surface area contributed by atoms with Crippen molar-refractivity contribution in [2.45, 2.75) is 13.8 Å². The van der Waals surface area contributed by atoms with Crippen LogP contribution in [0.2, 0.25) is 0 Å². The predicted octanol–water partition coefficient (Wildman–Crippen LogP) is 3.57. The SMILES string of the molecule is C=C(c1ccc(Br)cc1)C(C)(C)C(=O)O. The van der Waals surface area contributed by atoms with Crippen LogP contribution in [0, 0.1) is 5.41 Å². The zero-order valence-electron chi connectivity index (χ0n) is 8.75. The van der Waals surface area contributed by atoms with E-state index in [1.54, 1.807) is 13.8 Å². The fourth-order valence-corrected chi connectivity index (χ4v) is 1.41. The monoisotopic (exact) mass is 268 g/mol. The number of rotatable bonds is 3. The van der Waals surface area contributed by atoms with E-state index in [4.69, 9.17) is 5.11 Å². The van der Waals surface area contributed by atoms with Gasteiger partial charge in [0, 0.05) is 4.47 Å². The second kappa shape index (κ2) is 4.19. The minimum absolute atomic E-state index is 0.613.